The molecule has 10 heteroatoms. The average Bonchev–Trinajstić information content (AvgIpc) is 3.13. The van der Waals surface area contributed by atoms with E-state index in [2.05, 4.69) is 10.1 Å². The van der Waals surface area contributed by atoms with Gasteiger partial charge in [-0.05, 0) is 42.0 Å². The molecule has 3 aromatic rings. The summed E-state index contributed by atoms with van der Waals surface area (Å²) >= 11 is 11.8. The van der Waals surface area contributed by atoms with E-state index in [4.69, 9.17) is 32.5 Å². The Labute approximate surface area is 172 Å². The van der Waals surface area contributed by atoms with Crippen LogP contribution in [0.5, 0.6) is 5.75 Å². The molecular weight excluding hydrogens is 425 g/mol. The molecule has 0 spiro atoms. The Morgan fingerprint density at radius 1 is 1.11 bits per heavy atom. The Balaban J connectivity index is 1.70. The van der Waals surface area contributed by atoms with Gasteiger partial charge in [0.15, 0.2) is 0 Å². The molecule has 0 aliphatic heterocycles. The van der Waals surface area contributed by atoms with Crippen LogP contribution >= 0.6 is 23.2 Å². The van der Waals surface area contributed by atoms with E-state index in [1.165, 1.54) is 13.1 Å². The maximum absolute atomic E-state index is 12.6. The largest absolute Gasteiger partial charge is 0.497 e. The van der Waals surface area contributed by atoms with Crippen LogP contribution in [-0.2, 0) is 22.3 Å². The van der Waals surface area contributed by atoms with E-state index in [0.717, 1.165) is 9.87 Å². The summed E-state index contributed by atoms with van der Waals surface area (Å²) in [4.78, 5) is 4.26. The maximum Gasteiger partial charge on any atom is 0.242 e. The molecule has 148 valence electrons. The van der Waals surface area contributed by atoms with Crippen molar-refractivity contribution in [3.63, 3.8) is 0 Å². The third-order valence-corrected chi connectivity index (χ3v) is 6.50. The molecule has 0 bridgehead atoms. The lowest BCUT2D eigenvalue weighted by molar-refractivity contribution is 0.336. The number of ether oxygens (including phenoxy) is 1. The SMILES string of the molecule is COc1ccc(-c2noc(CN(C)S(=O)(=O)Cc3ccc(Cl)c(Cl)c3)n2)cc1. The van der Waals surface area contributed by atoms with Crippen molar-refractivity contribution in [2.75, 3.05) is 14.2 Å². The number of halogens is 2. The van der Waals surface area contributed by atoms with Crippen molar-refractivity contribution in [2.24, 2.45) is 0 Å². The first-order valence-electron chi connectivity index (χ1n) is 8.13. The number of aromatic nitrogens is 2. The number of nitrogens with zero attached hydrogens (tertiary/aromatic N) is 3. The second-order valence-electron chi connectivity index (χ2n) is 6.00. The molecule has 0 unspecified atom stereocenters. The van der Waals surface area contributed by atoms with Crippen molar-refractivity contribution < 1.29 is 17.7 Å². The minimum absolute atomic E-state index is 0.0488. The smallest absolute Gasteiger partial charge is 0.242 e. The highest BCUT2D eigenvalue weighted by atomic mass is 35.5. The molecule has 1 aromatic heterocycles. The van der Waals surface area contributed by atoms with E-state index >= 15 is 0 Å². The summed E-state index contributed by atoms with van der Waals surface area (Å²) < 4.78 is 36.6. The first-order chi connectivity index (χ1) is 13.3. The summed E-state index contributed by atoms with van der Waals surface area (Å²) in [5.74, 6) is 1.04. The summed E-state index contributed by atoms with van der Waals surface area (Å²) in [5, 5.41) is 4.57. The summed E-state index contributed by atoms with van der Waals surface area (Å²) in [7, 11) is -0.591. The molecule has 0 aliphatic rings. The molecule has 28 heavy (non-hydrogen) atoms. The third kappa shape index (κ3) is 4.82. The Hall–Kier alpha value is -2.13. The predicted octanol–water partition coefficient (Wildman–Crippen LogP) is 4.01. The van der Waals surface area contributed by atoms with Crippen molar-refractivity contribution in [1.29, 1.82) is 0 Å². The van der Waals surface area contributed by atoms with Crippen molar-refractivity contribution in [3.05, 3.63) is 64.0 Å². The lowest BCUT2D eigenvalue weighted by atomic mass is 10.2. The number of benzene rings is 2. The van der Waals surface area contributed by atoms with Crippen LogP contribution in [0.1, 0.15) is 11.5 Å². The van der Waals surface area contributed by atoms with Gasteiger partial charge >= 0.3 is 0 Å². The highest BCUT2D eigenvalue weighted by Crippen LogP contribution is 2.24. The van der Waals surface area contributed by atoms with Crippen molar-refractivity contribution in [1.82, 2.24) is 14.4 Å². The number of hydrogen-bond acceptors (Lipinski definition) is 6. The zero-order chi connectivity index (χ0) is 20.3. The second kappa shape index (κ2) is 8.48. The van der Waals surface area contributed by atoms with E-state index < -0.39 is 10.0 Å². The maximum atomic E-state index is 12.6. The van der Waals surface area contributed by atoms with Crippen LogP contribution in [0, 0.1) is 0 Å². The van der Waals surface area contributed by atoms with Gasteiger partial charge in [0.1, 0.15) is 5.75 Å². The predicted molar refractivity (Wildman–Crippen MR) is 107 cm³/mol. The van der Waals surface area contributed by atoms with Crippen LogP contribution in [-0.4, -0.2) is 37.0 Å². The van der Waals surface area contributed by atoms with Crippen LogP contribution in [0.25, 0.3) is 11.4 Å². The molecule has 2 aromatic carbocycles. The monoisotopic (exact) mass is 441 g/mol. The highest BCUT2D eigenvalue weighted by Gasteiger charge is 2.22. The van der Waals surface area contributed by atoms with Gasteiger partial charge < -0.3 is 9.26 Å². The Morgan fingerprint density at radius 2 is 1.82 bits per heavy atom. The van der Waals surface area contributed by atoms with Gasteiger partial charge in [-0.1, -0.05) is 34.4 Å². The minimum atomic E-state index is -3.62. The molecule has 0 N–H and O–H groups in total. The molecule has 1 heterocycles. The number of methoxy groups -OCH3 is 1. The van der Waals surface area contributed by atoms with E-state index in [0.29, 0.717) is 27.2 Å². The molecule has 0 atom stereocenters. The Kier molecular flexibility index (Phi) is 6.24. The topological polar surface area (TPSA) is 85.5 Å². The fourth-order valence-corrected chi connectivity index (χ4v) is 3.86. The van der Waals surface area contributed by atoms with Crippen molar-refractivity contribution >= 4 is 33.2 Å². The zero-order valence-electron chi connectivity index (χ0n) is 15.1. The zero-order valence-corrected chi connectivity index (χ0v) is 17.4. The van der Waals surface area contributed by atoms with Gasteiger partial charge in [-0.3, -0.25) is 0 Å². The van der Waals surface area contributed by atoms with Gasteiger partial charge in [0.2, 0.25) is 21.7 Å². The van der Waals surface area contributed by atoms with Gasteiger partial charge in [-0.2, -0.15) is 9.29 Å². The van der Waals surface area contributed by atoms with E-state index in [-0.39, 0.29) is 18.2 Å². The molecule has 3 rings (SSSR count). The van der Waals surface area contributed by atoms with E-state index in [9.17, 15) is 8.42 Å². The van der Waals surface area contributed by atoms with Gasteiger partial charge in [0, 0.05) is 12.6 Å². The number of sulfonamides is 1. The van der Waals surface area contributed by atoms with Gasteiger partial charge in [0.25, 0.3) is 0 Å². The third-order valence-electron chi connectivity index (χ3n) is 3.98. The van der Waals surface area contributed by atoms with Crippen molar-refractivity contribution in [2.45, 2.75) is 12.3 Å². The fourth-order valence-electron chi connectivity index (χ4n) is 2.42. The summed E-state index contributed by atoms with van der Waals surface area (Å²) in [6.07, 6.45) is 0. The molecule has 0 saturated carbocycles. The lowest BCUT2D eigenvalue weighted by Crippen LogP contribution is -2.27. The second-order valence-corrected chi connectivity index (χ2v) is 8.89. The van der Waals surface area contributed by atoms with E-state index in [1.54, 1.807) is 43.5 Å². The van der Waals surface area contributed by atoms with Crippen LogP contribution in [0.4, 0.5) is 0 Å². The summed E-state index contributed by atoms with van der Waals surface area (Å²) in [6, 6.07) is 11.8. The fraction of sp³-hybridized carbons (Fsp3) is 0.222. The molecule has 7 nitrogen and oxygen atoms in total. The molecular formula is C18H17Cl2N3O4S. The van der Waals surface area contributed by atoms with Crippen LogP contribution < -0.4 is 4.74 Å². The first kappa shape index (κ1) is 20.6. The van der Waals surface area contributed by atoms with Crippen LogP contribution in [0.15, 0.2) is 47.0 Å². The molecule has 0 radical (unpaired) electrons. The van der Waals surface area contributed by atoms with Gasteiger partial charge in [-0.15, -0.1) is 0 Å². The summed E-state index contributed by atoms with van der Waals surface area (Å²) in [5.41, 5.74) is 1.27. The molecule has 0 fully saturated rings. The number of hydrogen-bond donors (Lipinski definition) is 0. The number of rotatable bonds is 7. The molecule has 0 aliphatic carbocycles. The highest BCUT2D eigenvalue weighted by molar-refractivity contribution is 7.88. The normalized spacial score (nSPS) is 11.8. The Morgan fingerprint density at radius 3 is 2.46 bits per heavy atom. The average molecular weight is 442 g/mol. The minimum Gasteiger partial charge on any atom is -0.497 e. The van der Waals surface area contributed by atoms with E-state index in [1.807, 2.05) is 0 Å². The lowest BCUT2D eigenvalue weighted by Gasteiger charge is -2.15. The Bertz CT molecular complexity index is 1070. The molecule has 0 amide bonds. The molecule has 0 saturated heterocycles. The van der Waals surface area contributed by atoms with Crippen LogP contribution in [0.2, 0.25) is 10.0 Å². The van der Waals surface area contributed by atoms with Gasteiger partial charge in [0.05, 0.1) is 29.5 Å². The standard InChI is InChI=1S/C18H17Cl2N3O4S/c1-23(28(24,25)11-12-3-8-15(19)16(20)9-12)10-17-21-18(22-27-17)13-4-6-14(26-2)7-5-13/h3-9H,10-11H2,1-2H3. The quantitative estimate of drug-likeness (QED) is 0.550. The van der Waals surface area contributed by atoms with Crippen LogP contribution in [0.3, 0.4) is 0 Å². The first-order valence-corrected chi connectivity index (χ1v) is 10.5. The summed E-state index contributed by atoms with van der Waals surface area (Å²) in [6.45, 7) is -0.0488. The van der Waals surface area contributed by atoms with Gasteiger partial charge in [-0.25, -0.2) is 8.42 Å². The van der Waals surface area contributed by atoms with Crippen molar-refractivity contribution in [3.8, 4) is 17.1 Å².